The molecule has 6 unspecified atom stereocenters. The molecule has 3 rings (SSSR count). The molecule has 11 heteroatoms. The Morgan fingerprint density at radius 2 is 1.83 bits per heavy atom. The number of nitrogens with one attached hydrogen (secondary N) is 2. The normalized spacial score (nSPS) is 32.6. The molecule has 2 fully saturated rings. The van der Waals surface area contributed by atoms with Crippen molar-refractivity contribution in [1.29, 1.82) is 0 Å². The number of hydrogen-bond acceptors (Lipinski definition) is 4. The van der Waals surface area contributed by atoms with Crippen molar-refractivity contribution in [2.75, 3.05) is 5.32 Å². The van der Waals surface area contributed by atoms with Gasteiger partial charge in [0.1, 0.15) is 12.3 Å². The van der Waals surface area contributed by atoms with Crippen LogP contribution in [0.3, 0.4) is 0 Å². The van der Waals surface area contributed by atoms with Gasteiger partial charge < -0.3 is 15.0 Å². The molecule has 0 radical (unpaired) electrons. The lowest BCUT2D eigenvalue weighted by molar-refractivity contribution is -0.347. The Labute approximate surface area is 169 Å². The average Bonchev–Trinajstić information content (AvgIpc) is 2.64. The third-order valence-corrected chi connectivity index (χ3v) is 5.42. The molecule has 2 aliphatic carbocycles. The molecule has 0 aromatic carbocycles. The van der Waals surface area contributed by atoms with Crippen LogP contribution in [0, 0.1) is 5.92 Å². The molecular formula is C19H23F5N2O4. The molecule has 0 spiro atoms. The number of amides is 1. The molecule has 1 aromatic heterocycles. The second-order valence-corrected chi connectivity index (χ2v) is 7.68. The van der Waals surface area contributed by atoms with E-state index in [2.05, 4.69) is 15.0 Å². The van der Waals surface area contributed by atoms with Crippen LogP contribution in [0.4, 0.5) is 27.6 Å². The predicted octanol–water partition coefficient (Wildman–Crippen LogP) is 3.63. The number of ether oxygens (including phenoxy) is 2. The van der Waals surface area contributed by atoms with Crippen LogP contribution in [-0.4, -0.2) is 47.9 Å². The van der Waals surface area contributed by atoms with E-state index in [-0.39, 0.29) is 44.2 Å². The van der Waals surface area contributed by atoms with Gasteiger partial charge in [0.15, 0.2) is 0 Å². The predicted molar refractivity (Wildman–Crippen MR) is 96.3 cm³/mol. The lowest BCUT2D eigenvalue weighted by atomic mass is 9.83. The average molecular weight is 438 g/mol. The van der Waals surface area contributed by atoms with Gasteiger partial charge in [0.25, 0.3) is 0 Å². The van der Waals surface area contributed by atoms with E-state index in [1.54, 1.807) is 0 Å². The van der Waals surface area contributed by atoms with Crippen LogP contribution in [0.1, 0.15) is 38.5 Å². The van der Waals surface area contributed by atoms with Crippen molar-refractivity contribution in [3.63, 3.8) is 0 Å². The largest absolute Gasteiger partial charge is 0.522 e. The maximum absolute atomic E-state index is 14.2. The zero-order valence-electron chi connectivity index (χ0n) is 16.0. The summed E-state index contributed by atoms with van der Waals surface area (Å²) < 4.78 is 75.3. The fourth-order valence-electron chi connectivity index (χ4n) is 4.01. The van der Waals surface area contributed by atoms with Crippen molar-refractivity contribution in [1.82, 2.24) is 4.98 Å². The number of hydrogen-bond donors (Lipinski definition) is 2. The monoisotopic (exact) mass is 438 g/mol. The minimum absolute atomic E-state index is 0.0195. The van der Waals surface area contributed by atoms with Crippen molar-refractivity contribution < 1.29 is 36.2 Å². The van der Waals surface area contributed by atoms with E-state index in [9.17, 15) is 31.5 Å². The molecule has 0 bridgehead atoms. The Hall–Kier alpha value is -2.01. The summed E-state index contributed by atoms with van der Waals surface area (Å²) in [5.41, 5.74) is -0.298. The number of aromatic amines is 1. The Balaban J connectivity index is 1.72. The van der Waals surface area contributed by atoms with Gasteiger partial charge in [0, 0.05) is 24.4 Å². The van der Waals surface area contributed by atoms with Crippen molar-refractivity contribution in [2.45, 2.75) is 75.5 Å². The summed E-state index contributed by atoms with van der Waals surface area (Å²) in [4.78, 5) is 26.6. The zero-order chi connectivity index (χ0) is 21.9. The maximum atomic E-state index is 14.2. The highest BCUT2D eigenvalue weighted by Crippen LogP contribution is 2.36. The van der Waals surface area contributed by atoms with E-state index in [0.29, 0.717) is 0 Å². The molecule has 2 aliphatic rings. The van der Waals surface area contributed by atoms with Crippen LogP contribution in [0.25, 0.3) is 0 Å². The number of carbonyl (C=O) groups is 1. The van der Waals surface area contributed by atoms with Crippen molar-refractivity contribution in [3.05, 3.63) is 28.7 Å². The fraction of sp³-hybridized carbons (Fsp3) is 0.684. The minimum Gasteiger partial charge on any atom is -0.371 e. The van der Waals surface area contributed by atoms with Gasteiger partial charge in [-0.3, -0.25) is 14.3 Å². The number of H-pyrrole nitrogens is 1. The molecule has 30 heavy (non-hydrogen) atoms. The quantitative estimate of drug-likeness (QED) is 0.688. The number of alkyl halides is 5. The van der Waals surface area contributed by atoms with Crippen LogP contribution in [0.15, 0.2) is 23.1 Å². The highest BCUT2D eigenvalue weighted by atomic mass is 19.4. The molecule has 1 aromatic rings. The molecule has 0 saturated heterocycles. The van der Waals surface area contributed by atoms with Crippen LogP contribution in [0.2, 0.25) is 0 Å². The van der Waals surface area contributed by atoms with Crippen LogP contribution >= 0.6 is 0 Å². The van der Waals surface area contributed by atoms with E-state index in [4.69, 9.17) is 4.74 Å². The van der Waals surface area contributed by atoms with E-state index in [1.807, 2.05) is 0 Å². The Kier molecular flexibility index (Phi) is 7.12. The highest BCUT2D eigenvalue weighted by molar-refractivity contribution is 5.93. The van der Waals surface area contributed by atoms with Gasteiger partial charge in [-0.1, -0.05) is 0 Å². The lowest BCUT2D eigenvalue weighted by Gasteiger charge is -2.39. The molecule has 1 heterocycles. The number of aromatic nitrogens is 1. The van der Waals surface area contributed by atoms with Gasteiger partial charge in [-0.15, -0.1) is 13.2 Å². The van der Waals surface area contributed by atoms with E-state index >= 15 is 0 Å². The number of rotatable bonds is 5. The van der Waals surface area contributed by atoms with Crippen LogP contribution in [0.5, 0.6) is 0 Å². The number of carbonyl (C=O) groups excluding carboxylic acids is 1. The number of pyridine rings is 1. The Morgan fingerprint density at radius 3 is 2.50 bits per heavy atom. The lowest BCUT2D eigenvalue weighted by Crippen LogP contribution is -2.46. The van der Waals surface area contributed by atoms with Crippen molar-refractivity contribution in [2.24, 2.45) is 5.92 Å². The smallest absolute Gasteiger partial charge is 0.371 e. The summed E-state index contributed by atoms with van der Waals surface area (Å²) >= 11 is 0. The second-order valence-electron chi connectivity index (χ2n) is 7.68. The molecule has 6 nitrogen and oxygen atoms in total. The van der Waals surface area contributed by atoms with Gasteiger partial charge in [0.05, 0.1) is 24.2 Å². The molecule has 2 saturated carbocycles. The zero-order valence-corrected chi connectivity index (χ0v) is 16.0. The first-order valence-electron chi connectivity index (χ1n) is 9.78. The third-order valence-electron chi connectivity index (χ3n) is 5.42. The van der Waals surface area contributed by atoms with Gasteiger partial charge in [0.2, 0.25) is 11.5 Å². The first-order chi connectivity index (χ1) is 14.1. The maximum Gasteiger partial charge on any atom is 0.522 e. The second kappa shape index (κ2) is 9.42. The first-order valence-corrected chi connectivity index (χ1v) is 9.78. The summed E-state index contributed by atoms with van der Waals surface area (Å²) in [7, 11) is 0. The number of anilines is 1. The van der Waals surface area contributed by atoms with Gasteiger partial charge in [-0.25, -0.2) is 8.78 Å². The first kappa shape index (κ1) is 22.7. The molecule has 0 aliphatic heterocycles. The SMILES string of the molecule is O=C(Nc1cc[nH]c(=O)c1)C1CC(OC(F)(F)F)CCC1OC1CCC(F)CC1F. The standard InChI is InChI=1S/C19H23F5N2O4/c20-10-1-3-16(14(21)7-10)29-15-4-2-12(30-19(22,23)24)9-13(15)18(28)26-11-5-6-25-17(27)8-11/h5-6,8,10,12-16H,1-4,7,9H2,(H2,25,26,27,28). The molecule has 1 amide bonds. The van der Waals surface area contributed by atoms with Gasteiger partial charge in [-0.05, 0) is 38.2 Å². The van der Waals surface area contributed by atoms with E-state index in [1.165, 1.54) is 12.3 Å². The summed E-state index contributed by atoms with van der Waals surface area (Å²) in [6.45, 7) is 0. The van der Waals surface area contributed by atoms with E-state index in [0.717, 1.165) is 6.07 Å². The van der Waals surface area contributed by atoms with Crippen LogP contribution in [-0.2, 0) is 14.3 Å². The van der Waals surface area contributed by atoms with Gasteiger partial charge in [-0.2, -0.15) is 0 Å². The third kappa shape index (κ3) is 6.24. The summed E-state index contributed by atoms with van der Waals surface area (Å²) in [6, 6.07) is 2.54. The Morgan fingerprint density at radius 1 is 1.10 bits per heavy atom. The topological polar surface area (TPSA) is 80.4 Å². The molecule has 168 valence electrons. The number of halogens is 5. The summed E-state index contributed by atoms with van der Waals surface area (Å²) in [6.07, 6.45) is -9.66. The van der Waals surface area contributed by atoms with Gasteiger partial charge >= 0.3 is 6.36 Å². The molecule has 2 N–H and O–H groups in total. The fourth-order valence-corrected chi connectivity index (χ4v) is 4.01. The van der Waals surface area contributed by atoms with Crippen molar-refractivity contribution in [3.8, 4) is 0 Å². The minimum atomic E-state index is -4.85. The van der Waals surface area contributed by atoms with E-state index < -0.39 is 54.4 Å². The summed E-state index contributed by atoms with van der Waals surface area (Å²) in [5, 5.41) is 2.49. The molecular weight excluding hydrogens is 415 g/mol. The van der Waals surface area contributed by atoms with Crippen LogP contribution < -0.4 is 10.9 Å². The summed E-state index contributed by atoms with van der Waals surface area (Å²) in [5.74, 6) is -1.71. The molecule has 6 atom stereocenters. The van der Waals surface area contributed by atoms with Crippen molar-refractivity contribution >= 4 is 11.6 Å². The Bertz CT molecular complexity index is 787. The highest BCUT2D eigenvalue weighted by Gasteiger charge is 2.43.